The van der Waals surface area contributed by atoms with Crippen LogP contribution in [0.25, 0.3) is 22.6 Å². The minimum atomic E-state index is -0.228. The van der Waals surface area contributed by atoms with Gasteiger partial charge in [0.2, 0.25) is 5.89 Å². The number of aryl methyl sites for hydroxylation is 2. The fourth-order valence-electron chi connectivity index (χ4n) is 3.65. The molecule has 1 amide bonds. The normalized spacial score (nSPS) is 12.0. The van der Waals surface area contributed by atoms with Gasteiger partial charge in [-0.05, 0) is 73.7 Å². The van der Waals surface area contributed by atoms with Crippen molar-refractivity contribution in [3.63, 3.8) is 0 Å². The number of benzene rings is 3. The van der Waals surface area contributed by atoms with Gasteiger partial charge in [0.15, 0.2) is 12.2 Å². The Morgan fingerprint density at radius 2 is 1.84 bits per heavy atom. The zero-order valence-electron chi connectivity index (χ0n) is 18.9. The standard InChI is InChI=1S/C27H28N2O3/c1-5-18(3)20-7-10-22(11-8-20)31-16-26(30)28-21-9-13-25-24(15-21)29-27(32-25)23-12-6-17(2)14-19(23)4/h6-15,18H,5,16H2,1-4H3,(H,28,30). The Balaban J connectivity index is 1.41. The van der Waals surface area contributed by atoms with Gasteiger partial charge in [0, 0.05) is 11.3 Å². The second-order valence-corrected chi connectivity index (χ2v) is 8.24. The minimum absolute atomic E-state index is 0.0622. The van der Waals surface area contributed by atoms with Gasteiger partial charge in [-0.3, -0.25) is 4.79 Å². The number of amides is 1. The van der Waals surface area contributed by atoms with Gasteiger partial charge < -0.3 is 14.5 Å². The largest absolute Gasteiger partial charge is 0.484 e. The van der Waals surface area contributed by atoms with Crippen LogP contribution in [0.5, 0.6) is 5.75 Å². The summed E-state index contributed by atoms with van der Waals surface area (Å²) in [5.41, 5.74) is 6.56. The average Bonchev–Trinajstić information content (AvgIpc) is 3.20. The monoisotopic (exact) mass is 428 g/mol. The smallest absolute Gasteiger partial charge is 0.262 e. The number of hydrogen-bond donors (Lipinski definition) is 1. The van der Waals surface area contributed by atoms with E-state index in [2.05, 4.69) is 37.1 Å². The van der Waals surface area contributed by atoms with Crippen molar-refractivity contribution >= 4 is 22.7 Å². The zero-order chi connectivity index (χ0) is 22.7. The summed E-state index contributed by atoms with van der Waals surface area (Å²) in [7, 11) is 0. The topological polar surface area (TPSA) is 64.4 Å². The molecule has 0 aliphatic carbocycles. The fourth-order valence-corrected chi connectivity index (χ4v) is 3.65. The molecule has 1 unspecified atom stereocenters. The van der Waals surface area contributed by atoms with Gasteiger partial charge in [0.25, 0.3) is 5.91 Å². The summed E-state index contributed by atoms with van der Waals surface area (Å²) in [5.74, 6) is 1.53. The van der Waals surface area contributed by atoms with Gasteiger partial charge in [-0.1, -0.05) is 43.7 Å². The molecule has 0 saturated heterocycles. The molecule has 4 rings (SSSR count). The van der Waals surface area contributed by atoms with E-state index in [-0.39, 0.29) is 12.5 Å². The lowest BCUT2D eigenvalue weighted by molar-refractivity contribution is -0.118. The molecule has 0 bridgehead atoms. The molecule has 0 saturated carbocycles. The maximum absolute atomic E-state index is 12.4. The maximum Gasteiger partial charge on any atom is 0.262 e. The molecule has 0 aliphatic rings. The first kappa shape index (κ1) is 21.6. The Hall–Kier alpha value is -3.60. The van der Waals surface area contributed by atoms with Crippen molar-refractivity contribution in [2.75, 3.05) is 11.9 Å². The molecular formula is C27H28N2O3. The Morgan fingerprint density at radius 3 is 2.56 bits per heavy atom. The SMILES string of the molecule is CCC(C)c1ccc(OCC(=O)Nc2ccc3oc(-c4ccc(C)cc4C)nc3c2)cc1. The molecule has 164 valence electrons. The molecule has 0 radical (unpaired) electrons. The number of oxazole rings is 1. The molecule has 5 nitrogen and oxygen atoms in total. The van der Waals surface area contributed by atoms with Gasteiger partial charge in [0.05, 0.1) is 0 Å². The lowest BCUT2D eigenvalue weighted by atomic mass is 9.99. The highest BCUT2D eigenvalue weighted by Crippen LogP contribution is 2.29. The number of ether oxygens (including phenoxy) is 1. The van der Waals surface area contributed by atoms with Gasteiger partial charge in [-0.15, -0.1) is 0 Å². The lowest BCUT2D eigenvalue weighted by Gasteiger charge is -2.11. The first-order valence-corrected chi connectivity index (χ1v) is 10.9. The Kier molecular flexibility index (Phi) is 6.26. The van der Waals surface area contributed by atoms with E-state index in [9.17, 15) is 4.79 Å². The summed E-state index contributed by atoms with van der Waals surface area (Å²) in [6.45, 7) is 8.40. The number of anilines is 1. The predicted octanol–water partition coefficient (Wildman–Crippen LogP) is 6.64. The van der Waals surface area contributed by atoms with Crippen LogP contribution in [0, 0.1) is 13.8 Å². The van der Waals surface area contributed by atoms with E-state index in [4.69, 9.17) is 9.15 Å². The third kappa shape index (κ3) is 4.83. The highest BCUT2D eigenvalue weighted by molar-refractivity contribution is 5.94. The van der Waals surface area contributed by atoms with Gasteiger partial charge in [-0.2, -0.15) is 0 Å². The van der Waals surface area contributed by atoms with Crippen LogP contribution in [0.1, 0.15) is 42.9 Å². The lowest BCUT2D eigenvalue weighted by Crippen LogP contribution is -2.20. The van der Waals surface area contributed by atoms with Crippen molar-refractivity contribution in [1.29, 1.82) is 0 Å². The molecule has 5 heteroatoms. The molecule has 0 aliphatic heterocycles. The average molecular weight is 429 g/mol. The maximum atomic E-state index is 12.4. The number of aromatic nitrogens is 1. The molecule has 1 heterocycles. The highest BCUT2D eigenvalue weighted by atomic mass is 16.5. The molecule has 0 spiro atoms. The van der Waals surface area contributed by atoms with Crippen LogP contribution in [0.15, 0.2) is 65.1 Å². The third-order valence-corrected chi connectivity index (χ3v) is 5.72. The van der Waals surface area contributed by atoms with E-state index in [1.54, 1.807) is 6.07 Å². The molecule has 32 heavy (non-hydrogen) atoms. The van der Waals surface area contributed by atoms with Crippen molar-refractivity contribution in [3.8, 4) is 17.2 Å². The molecule has 3 aromatic carbocycles. The molecular weight excluding hydrogens is 400 g/mol. The summed E-state index contributed by atoms with van der Waals surface area (Å²) in [6.07, 6.45) is 1.09. The molecule has 1 N–H and O–H groups in total. The summed E-state index contributed by atoms with van der Waals surface area (Å²) < 4.78 is 11.6. The van der Waals surface area contributed by atoms with Crippen LogP contribution in [-0.4, -0.2) is 17.5 Å². The summed E-state index contributed by atoms with van der Waals surface area (Å²) in [5, 5.41) is 2.87. The van der Waals surface area contributed by atoms with Gasteiger partial charge >= 0.3 is 0 Å². The summed E-state index contributed by atoms with van der Waals surface area (Å²) in [4.78, 5) is 17.0. The van der Waals surface area contributed by atoms with Crippen LogP contribution >= 0.6 is 0 Å². The van der Waals surface area contributed by atoms with Crippen molar-refractivity contribution in [2.45, 2.75) is 40.0 Å². The predicted molar refractivity (Wildman–Crippen MR) is 128 cm³/mol. The van der Waals surface area contributed by atoms with E-state index in [0.29, 0.717) is 34.3 Å². The van der Waals surface area contributed by atoms with Crippen molar-refractivity contribution in [2.24, 2.45) is 0 Å². The van der Waals surface area contributed by atoms with E-state index in [0.717, 1.165) is 17.5 Å². The zero-order valence-corrected chi connectivity index (χ0v) is 18.9. The highest BCUT2D eigenvalue weighted by Gasteiger charge is 2.12. The van der Waals surface area contributed by atoms with Crippen LogP contribution < -0.4 is 10.1 Å². The number of fused-ring (bicyclic) bond motifs is 1. The summed E-state index contributed by atoms with van der Waals surface area (Å²) >= 11 is 0. The third-order valence-electron chi connectivity index (χ3n) is 5.72. The number of nitrogens with zero attached hydrogens (tertiary/aromatic N) is 1. The number of carbonyl (C=O) groups excluding carboxylic acids is 1. The summed E-state index contributed by atoms with van der Waals surface area (Å²) in [6, 6.07) is 19.5. The quantitative estimate of drug-likeness (QED) is 0.358. The molecule has 0 fully saturated rings. The molecule has 4 aromatic rings. The van der Waals surface area contributed by atoms with Crippen LogP contribution in [-0.2, 0) is 4.79 Å². The molecule has 1 aromatic heterocycles. The Labute approximate surface area is 188 Å². The second-order valence-electron chi connectivity index (χ2n) is 8.24. The number of hydrogen-bond acceptors (Lipinski definition) is 4. The van der Waals surface area contributed by atoms with E-state index >= 15 is 0 Å². The minimum Gasteiger partial charge on any atom is -0.484 e. The van der Waals surface area contributed by atoms with Crippen molar-refractivity contribution in [3.05, 3.63) is 77.4 Å². The van der Waals surface area contributed by atoms with Crippen LogP contribution in [0.4, 0.5) is 5.69 Å². The van der Waals surface area contributed by atoms with Crippen LogP contribution in [0.3, 0.4) is 0 Å². The van der Waals surface area contributed by atoms with E-state index < -0.39 is 0 Å². The number of rotatable bonds is 7. The Morgan fingerprint density at radius 1 is 1.06 bits per heavy atom. The van der Waals surface area contributed by atoms with Crippen molar-refractivity contribution in [1.82, 2.24) is 4.98 Å². The van der Waals surface area contributed by atoms with Gasteiger partial charge in [0.1, 0.15) is 11.3 Å². The number of nitrogens with one attached hydrogen (secondary N) is 1. The first-order chi connectivity index (χ1) is 15.4. The van der Waals surface area contributed by atoms with Crippen LogP contribution in [0.2, 0.25) is 0 Å². The van der Waals surface area contributed by atoms with E-state index in [1.165, 1.54) is 11.1 Å². The first-order valence-electron chi connectivity index (χ1n) is 10.9. The second kappa shape index (κ2) is 9.27. The fraction of sp³-hybridized carbons (Fsp3) is 0.259. The van der Waals surface area contributed by atoms with E-state index in [1.807, 2.05) is 55.5 Å². The van der Waals surface area contributed by atoms with Gasteiger partial charge in [-0.25, -0.2) is 4.98 Å². The molecule has 1 atom stereocenters. The number of carbonyl (C=O) groups is 1. The van der Waals surface area contributed by atoms with Crippen molar-refractivity contribution < 1.29 is 13.9 Å². The Bertz CT molecular complexity index is 1240.